The van der Waals surface area contributed by atoms with Gasteiger partial charge in [-0.05, 0) is 56.2 Å². The average Bonchev–Trinajstić information content (AvgIpc) is 3.35. The molecule has 2 fully saturated rings. The zero-order valence-electron chi connectivity index (χ0n) is 17.9. The summed E-state index contributed by atoms with van der Waals surface area (Å²) in [6.45, 7) is 5.68. The van der Waals surface area contributed by atoms with Crippen LogP contribution in [0, 0.1) is 0 Å². The van der Waals surface area contributed by atoms with E-state index in [9.17, 15) is 13.2 Å². The van der Waals surface area contributed by atoms with Crippen molar-refractivity contribution in [2.24, 2.45) is 0 Å². The van der Waals surface area contributed by atoms with Gasteiger partial charge in [-0.1, -0.05) is 0 Å². The number of carbonyl (C=O) groups excluding carboxylic acids is 1. The van der Waals surface area contributed by atoms with Crippen LogP contribution in [0.25, 0.3) is 0 Å². The molecule has 0 N–H and O–H groups in total. The molecule has 0 bridgehead atoms. The van der Waals surface area contributed by atoms with Crippen molar-refractivity contribution in [3.63, 3.8) is 0 Å². The lowest BCUT2D eigenvalue weighted by atomic mass is 10.1. The lowest BCUT2D eigenvalue weighted by Gasteiger charge is -2.41. The molecule has 2 aromatic rings. The molecule has 1 unspecified atom stereocenters. The van der Waals surface area contributed by atoms with Crippen LogP contribution in [0.4, 0.5) is 11.5 Å². The minimum absolute atomic E-state index is 0.197. The van der Waals surface area contributed by atoms with Crippen molar-refractivity contribution < 1.29 is 17.9 Å². The summed E-state index contributed by atoms with van der Waals surface area (Å²) in [7, 11) is -2.07. The first-order valence-electron chi connectivity index (χ1n) is 10.6. The maximum Gasteiger partial charge on any atom is 0.337 e. The van der Waals surface area contributed by atoms with Gasteiger partial charge in [-0.3, -0.25) is 0 Å². The third kappa shape index (κ3) is 4.38. The van der Waals surface area contributed by atoms with Gasteiger partial charge in [0, 0.05) is 50.6 Å². The Morgan fingerprint density at radius 1 is 1.03 bits per heavy atom. The highest BCUT2D eigenvalue weighted by molar-refractivity contribution is 7.89. The van der Waals surface area contributed by atoms with E-state index in [-0.39, 0.29) is 16.9 Å². The number of sulfonamides is 1. The van der Waals surface area contributed by atoms with Gasteiger partial charge in [-0.15, -0.1) is 0 Å². The number of hydrogen-bond acceptors (Lipinski definition) is 7. The van der Waals surface area contributed by atoms with Crippen LogP contribution in [0.3, 0.4) is 0 Å². The van der Waals surface area contributed by atoms with Crippen LogP contribution in [0.2, 0.25) is 0 Å². The molecular weight excluding hydrogens is 416 g/mol. The Balaban J connectivity index is 1.42. The molecule has 31 heavy (non-hydrogen) atoms. The molecule has 8 nitrogen and oxygen atoms in total. The topological polar surface area (TPSA) is 83.0 Å². The molecule has 166 valence electrons. The average molecular weight is 445 g/mol. The zero-order chi connectivity index (χ0) is 22.0. The molecule has 1 aromatic heterocycles. The second kappa shape index (κ2) is 8.84. The molecule has 3 heterocycles. The number of ether oxygens (including phenoxy) is 1. The number of rotatable bonds is 5. The first-order valence-corrected chi connectivity index (χ1v) is 12.0. The summed E-state index contributed by atoms with van der Waals surface area (Å²) in [6.07, 6.45) is 3.31. The van der Waals surface area contributed by atoms with Gasteiger partial charge < -0.3 is 14.5 Å². The molecule has 2 aliphatic rings. The molecule has 0 radical (unpaired) electrons. The van der Waals surface area contributed by atoms with Crippen molar-refractivity contribution in [3.05, 3.63) is 48.2 Å². The molecule has 2 saturated heterocycles. The number of hydrogen-bond donors (Lipinski definition) is 0. The van der Waals surface area contributed by atoms with Crippen LogP contribution >= 0.6 is 0 Å². The molecule has 2 aliphatic heterocycles. The first kappa shape index (κ1) is 21.6. The molecule has 0 amide bonds. The number of anilines is 2. The Bertz CT molecular complexity index is 1020. The van der Waals surface area contributed by atoms with Crippen LogP contribution in [-0.4, -0.2) is 69.6 Å². The Morgan fingerprint density at radius 2 is 1.74 bits per heavy atom. The SMILES string of the molecule is COC(=O)c1ccc(N2CCN(c3ccc(S(=O)(=O)N4CCCC4)cn3)C(C)C2)cc1. The fraction of sp³-hybridized carbons (Fsp3) is 0.455. The van der Waals surface area contributed by atoms with Gasteiger partial charge in [0.2, 0.25) is 10.0 Å². The molecule has 1 atom stereocenters. The fourth-order valence-electron chi connectivity index (χ4n) is 4.23. The van der Waals surface area contributed by atoms with Gasteiger partial charge in [0.1, 0.15) is 10.7 Å². The number of methoxy groups -OCH3 is 1. The highest BCUT2D eigenvalue weighted by Gasteiger charge is 2.29. The Labute approximate surface area is 183 Å². The van der Waals surface area contributed by atoms with Crippen molar-refractivity contribution in [1.29, 1.82) is 0 Å². The summed E-state index contributed by atoms with van der Waals surface area (Å²) in [6, 6.07) is 11.1. The van der Waals surface area contributed by atoms with Crippen molar-refractivity contribution in [1.82, 2.24) is 9.29 Å². The van der Waals surface area contributed by atoms with E-state index in [1.807, 2.05) is 12.1 Å². The second-order valence-corrected chi connectivity index (χ2v) is 9.93. The molecule has 1 aromatic carbocycles. The number of pyridine rings is 1. The Kier molecular flexibility index (Phi) is 6.15. The van der Waals surface area contributed by atoms with Crippen LogP contribution in [-0.2, 0) is 14.8 Å². The number of benzene rings is 1. The van der Waals surface area contributed by atoms with Crippen LogP contribution in [0.1, 0.15) is 30.1 Å². The fourth-order valence-corrected chi connectivity index (χ4v) is 5.69. The van der Waals surface area contributed by atoms with Crippen LogP contribution < -0.4 is 9.80 Å². The predicted octanol–water partition coefficient (Wildman–Crippen LogP) is 2.37. The quantitative estimate of drug-likeness (QED) is 0.655. The number of esters is 1. The largest absolute Gasteiger partial charge is 0.465 e. The third-order valence-electron chi connectivity index (χ3n) is 6.00. The molecule has 0 saturated carbocycles. The smallest absolute Gasteiger partial charge is 0.337 e. The maximum absolute atomic E-state index is 12.7. The van der Waals surface area contributed by atoms with Gasteiger partial charge >= 0.3 is 5.97 Å². The van der Waals surface area contributed by atoms with Crippen molar-refractivity contribution in [2.75, 3.05) is 49.6 Å². The lowest BCUT2D eigenvalue weighted by molar-refractivity contribution is 0.0600. The van der Waals surface area contributed by atoms with Crippen molar-refractivity contribution in [2.45, 2.75) is 30.7 Å². The van der Waals surface area contributed by atoms with Gasteiger partial charge in [-0.2, -0.15) is 4.31 Å². The second-order valence-electron chi connectivity index (χ2n) is 7.99. The minimum Gasteiger partial charge on any atom is -0.465 e. The summed E-state index contributed by atoms with van der Waals surface area (Å²) in [5.74, 6) is 0.444. The van der Waals surface area contributed by atoms with Crippen LogP contribution in [0.5, 0.6) is 0 Å². The Hall–Kier alpha value is -2.65. The molecule has 0 aliphatic carbocycles. The third-order valence-corrected chi connectivity index (χ3v) is 7.88. The summed E-state index contributed by atoms with van der Waals surface area (Å²) in [5.41, 5.74) is 1.59. The number of piperazine rings is 1. The maximum atomic E-state index is 12.7. The van der Waals surface area contributed by atoms with Gasteiger partial charge in [0.05, 0.1) is 12.7 Å². The van der Waals surface area contributed by atoms with Gasteiger partial charge in [0.15, 0.2) is 0 Å². The summed E-state index contributed by atoms with van der Waals surface area (Å²) in [5, 5.41) is 0. The number of nitrogens with zero attached hydrogens (tertiary/aromatic N) is 4. The highest BCUT2D eigenvalue weighted by Crippen LogP contribution is 2.25. The zero-order valence-corrected chi connectivity index (χ0v) is 18.7. The van der Waals surface area contributed by atoms with E-state index in [1.165, 1.54) is 17.6 Å². The minimum atomic E-state index is -3.45. The predicted molar refractivity (Wildman–Crippen MR) is 119 cm³/mol. The summed E-state index contributed by atoms with van der Waals surface area (Å²) in [4.78, 5) is 20.8. The molecule has 0 spiro atoms. The summed E-state index contributed by atoms with van der Waals surface area (Å²) >= 11 is 0. The molecular formula is C22H28N4O4S. The Morgan fingerprint density at radius 3 is 2.32 bits per heavy atom. The van der Waals surface area contributed by atoms with Gasteiger partial charge in [0.25, 0.3) is 0 Å². The normalized spacial score (nSPS) is 20.1. The van der Waals surface area contributed by atoms with E-state index in [0.717, 1.165) is 44.0 Å². The van der Waals surface area contributed by atoms with E-state index < -0.39 is 10.0 Å². The van der Waals surface area contributed by atoms with E-state index in [4.69, 9.17) is 4.74 Å². The standard InChI is InChI=1S/C22H28N4O4S/c1-17-16-24(19-7-5-18(6-8-19)22(27)30-2)13-14-26(17)21-10-9-20(15-23-21)31(28,29)25-11-3-4-12-25/h5-10,15,17H,3-4,11-14,16H2,1-2H3. The summed E-state index contributed by atoms with van der Waals surface area (Å²) < 4.78 is 31.7. The van der Waals surface area contributed by atoms with E-state index in [0.29, 0.717) is 18.7 Å². The lowest BCUT2D eigenvalue weighted by Crippen LogP contribution is -2.52. The van der Waals surface area contributed by atoms with Crippen molar-refractivity contribution in [3.8, 4) is 0 Å². The van der Waals surface area contributed by atoms with Gasteiger partial charge in [-0.25, -0.2) is 18.2 Å². The monoisotopic (exact) mass is 444 g/mol. The first-order chi connectivity index (χ1) is 14.9. The number of carbonyl (C=O) groups is 1. The van der Waals surface area contributed by atoms with E-state index in [2.05, 4.69) is 21.7 Å². The van der Waals surface area contributed by atoms with E-state index >= 15 is 0 Å². The molecule has 9 heteroatoms. The van der Waals surface area contributed by atoms with Crippen LogP contribution in [0.15, 0.2) is 47.5 Å². The highest BCUT2D eigenvalue weighted by atomic mass is 32.2. The molecule has 4 rings (SSSR count). The van der Waals surface area contributed by atoms with Crippen molar-refractivity contribution >= 4 is 27.5 Å². The van der Waals surface area contributed by atoms with E-state index in [1.54, 1.807) is 24.3 Å². The number of aromatic nitrogens is 1.